The maximum absolute atomic E-state index is 13.0. The average Bonchev–Trinajstić information content (AvgIpc) is 3.01. The molecule has 0 unspecified atom stereocenters. The molecule has 140 valence electrons. The summed E-state index contributed by atoms with van der Waals surface area (Å²) in [5.41, 5.74) is 2.37. The predicted octanol–water partition coefficient (Wildman–Crippen LogP) is 2.96. The van der Waals surface area contributed by atoms with E-state index in [-0.39, 0.29) is 11.4 Å². The number of amides is 1. The standard InChI is InChI=1S/C20H28N4O2/c1-6-23-13-16(15(2)21-23)19(25)22-11-12-24(20(3,4)14-22)17-9-7-8-10-18(17)26-5/h7-10,13H,6,11-12,14H2,1-5H3. The van der Waals surface area contributed by atoms with Gasteiger partial charge in [-0.1, -0.05) is 12.1 Å². The number of aromatic nitrogens is 2. The molecule has 1 saturated heterocycles. The molecule has 6 heteroatoms. The van der Waals surface area contributed by atoms with Gasteiger partial charge in [0.15, 0.2) is 0 Å². The van der Waals surface area contributed by atoms with E-state index in [2.05, 4.69) is 29.9 Å². The molecule has 0 N–H and O–H groups in total. The minimum Gasteiger partial charge on any atom is -0.495 e. The Balaban J connectivity index is 1.82. The van der Waals surface area contributed by atoms with Crippen LogP contribution in [0, 0.1) is 6.92 Å². The molecule has 1 amide bonds. The van der Waals surface area contributed by atoms with E-state index >= 15 is 0 Å². The number of carbonyl (C=O) groups excluding carboxylic acids is 1. The largest absolute Gasteiger partial charge is 0.495 e. The molecule has 2 aromatic rings. The third-order valence-corrected chi connectivity index (χ3v) is 5.07. The summed E-state index contributed by atoms with van der Waals surface area (Å²) in [6.45, 7) is 11.1. The maximum atomic E-state index is 13.0. The average molecular weight is 356 g/mol. The van der Waals surface area contributed by atoms with E-state index in [9.17, 15) is 4.79 Å². The van der Waals surface area contributed by atoms with E-state index in [0.29, 0.717) is 18.7 Å². The molecule has 0 radical (unpaired) electrons. The highest BCUT2D eigenvalue weighted by atomic mass is 16.5. The molecule has 0 bridgehead atoms. The number of hydrogen-bond donors (Lipinski definition) is 0. The quantitative estimate of drug-likeness (QED) is 0.845. The van der Waals surface area contributed by atoms with E-state index in [4.69, 9.17) is 4.74 Å². The van der Waals surface area contributed by atoms with E-state index in [1.165, 1.54) is 0 Å². The Morgan fingerprint density at radius 1 is 1.27 bits per heavy atom. The van der Waals surface area contributed by atoms with Gasteiger partial charge in [0, 0.05) is 32.4 Å². The van der Waals surface area contributed by atoms with Gasteiger partial charge in [-0.25, -0.2) is 0 Å². The molecule has 0 atom stereocenters. The van der Waals surface area contributed by atoms with Crippen LogP contribution in [0.15, 0.2) is 30.5 Å². The van der Waals surface area contributed by atoms with Crippen molar-refractivity contribution >= 4 is 11.6 Å². The maximum Gasteiger partial charge on any atom is 0.257 e. The lowest BCUT2D eigenvalue weighted by molar-refractivity contribution is 0.0685. The van der Waals surface area contributed by atoms with Gasteiger partial charge in [0.2, 0.25) is 0 Å². The Morgan fingerprint density at radius 3 is 2.62 bits per heavy atom. The van der Waals surface area contributed by atoms with Crippen molar-refractivity contribution in [3.05, 3.63) is 41.7 Å². The van der Waals surface area contributed by atoms with E-state index in [0.717, 1.165) is 30.2 Å². The topological polar surface area (TPSA) is 50.6 Å². The first-order chi connectivity index (χ1) is 12.4. The number of hydrogen-bond acceptors (Lipinski definition) is 4. The number of anilines is 1. The van der Waals surface area contributed by atoms with Crippen LogP contribution in [0.5, 0.6) is 5.75 Å². The lowest BCUT2D eigenvalue weighted by atomic mass is 9.96. The summed E-state index contributed by atoms with van der Waals surface area (Å²) < 4.78 is 7.35. The third-order valence-electron chi connectivity index (χ3n) is 5.07. The third kappa shape index (κ3) is 3.28. The Hall–Kier alpha value is -2.50. The molecule has 3 rings (SSSR count). The molecule has 0 aliphatic carbocycles. The first kappa shape index (κ1) is 18.3. The van der Waals surface area contributed by atoms with Crippen LogP contribution in [0.25, 0.3) is 0 Å². The van der Waals surface area contributed by atoms with Gasteiger partial charge in [-0.3, -0.25) is 9.48 Å². The smallest absolute Gasteiger partial charge is 0.257 e. The van der Waals surface area contributed by atoms with Gasteiger partial charge in [0.05, 0.1) is 29.6 Å². The lowest BCUT2D eigenvalue weighted by Gasteiger charge is -2.48. The molecule has 1 fully saturated rings. The molecule has 1 aromatic heterocycles. The molecule has 1 aliphatic rings. The number of piperazine rings is 1. The van der Waals surface area contributed by atoms with Crippen molar-refractivity contribution < 1.29 is 9.53 Å². The zero-order valence-corrected chi connectivity index (χ0v) is 16.3. The second-order valence-electron chi connectivity index (χ2n) is 7.35. The van der Waals surface area contributed by atoms with Crippen molar-refractivity contribution in [2.45, 2.75) is 39.8 Å². The highest BCUT2D eigenvalue weighted by Gasteiger charge is 2.37. The number of nitrogens with zero attached hydrogens (tertiary/aromatic N) is 4. The SMILES string of the molecule is CCn1cc(C(=O)N2CCN(c3ccccc3OC)C(C)(C)C2)c(C)n1. The van der Waals surface area contributed by atoms with E-state index < -0.39 is 0 Å². The predicted molar refractivity (Wildman–Crippen MR) is 103 cm³/mol. The molecular formula is C20H28N4O2. The van der Waals surface area contributed by atoms with Crippen LogP contribution in [0.2, 0.25) is 0 Å². The van der Waals surface area contributed by atoms with Crippen LogP contribution < -0.4 is 9.64 Å². The van der Waals surface area contributed by atoms with Crippen LogP contribution >= 0.6 is 0 Å². The first-order valence-corrected chi connectivity index (χ1v) is 9.11. The molecule has 1 aromatic carbocycles. The van der Waals surface area contributed by atoms with Gasteiger partial charge in [-0.15, -0.1) is 0 Å². The highest BCUT2D eigenvalue weighted by Crippen LogP contribution is 2.35. The summed E-state index contributed by atoms with van der Waals surface area (Å²) in [7, 11) is 1.69. The molecule has 26 heavy (non-hydrogen) atoms. The number of para-hydroxylation sites is 2. The number of rotatable bonds is 4. The van der Waals surface area contributed by atoms with E-state index in [1.54, 1.807) is 7.11 Å². The Labute approximate surface area is 155 Å². The molecule has 0 spiro atoms. The van der Waals surface area contributed by atoms with Crippen molar-refractivity contribution in [1.29, 1.82) is 0 Å². The van der Waals surface area contributed by atoms with Gasteiger partial charge < -0.3 is 14.5 Å². The van der Waals surface area contributed by atoms with E-state index in [1.807, 2.05) is 47.8 Å². The van der Waals surface area contributed by atoms with Crippen molar-refractivity contribution in [3.8, 4) is 5.75 Å². The highest BCUT2D eigenvalue weighted by molar-refractivity contribution is 5.95. The summed E-state index contributed by atoms with van der Waals surface area (Å²) in [5.74, 6) is 0.926. The summed E-state index contributed by atoms with van der Waals surface area (Å²) in [5, 5.41) is 4.41. The van der Waals surface area contributed by atoms with Gasteiger partial charge in [-0.05, 0) is 39.8 Å². The van der Waals surface area contributed by atoms with Crippen LogP contribution in [0.1, 0.15) is 36.8 Å². The Bertz CT molecular complexity index is 797. The van der Waals surface area contributed by atoms with Crippen LogP contribution in [-0.2, 0) is 6.54 Å². The van der Waals surface area contributed by atoms with Crippen LogP contribution in [0.3, 0.4) is 0 Å². The number of ether oxygens (including phenoxy) is 1. The van der Waals surface area contributed by atoms with Gasteiger partial charge in [0.1, 0.15) is 5.75 Å². The number of methoxy groups -OCH3 is 1. The number of aryl methyl sites for hydroxylation is 2. The number of benzene rings is 1. The zero-order chi connectivity index (χ0) is 18.9. The van der Waals surface area contributed by atoms with Gasteiger partial charge >= 0.3 is 0 Å². The van der Waals surface area contributed by atoms with Crippen molar-refractivity contribution in [2.75, 3.05) is 31.6 Å². The lowest BCUT2D eigenvalue weighted by Crippen LogP contribution is -2.60. The fourth-order valence-corrected chi connectivity index (χ4v) is 3.69. The van der Waals surface area contributed by atoms with Crippen LogP contribution in [-0.4, -0.2) is 52.9 Å². The fourth-order valence-electron chi connectivity index (χ4n) is 3.69. The second-order valence-corrected chi connectivity index (χ2v) is 7.35. The second kappa shape index (κ2) is 7.02. The molecule has 0 saturated carbocycles. The normalized spacial score (nSPS) is 16.7. The summed E-state index contributed by atoms with van der Waals surface area (Å²) in [6.07, 6.45) is 1.86. The summed E-state index contributed by atoms with van der Waals surface area (Å²) in [6, 6.07) is 8.05. The molecule has 1 aliphatic heterocycles. The molecular weight excluding hydrogens is 328 g/mol. The fraction of sp³-hybridized carbons (Fsp3) is 0.500. The Morgan fingerprint density at radius 2 is 2.00 bits per heavy atom. The molecule has 2 heterocycles. The van der Waals surface area contributed by atoms with Crippen molar-refractivity contribution in [1.82, 2.24) is 14.7 Å². The minimum absolute atomic E-state index is 0.0648. The summed E-state index contributed by atoms with van der Waals surface area (Å²) >= 11 is 0. The van der Waals surface area contributed by atoms with Gasteiger partial charge in [-0.2, -0.15) is 5.10 Å². The van der Waals surface area contributed by atoms with Crippen LogP contribution in [0.4, 0.5) is 5.69 Å². The minimum atomic E-state index is -0.197. The van der Waals surface area contributed by atoms with Gasteiger partial charge in [0.25, 0.3) is 5.91 Å². The molecule has 6 nitrogen and oxygen atoms in total. The van der Waals surface area contributed by atoms with Crippen molar-refractivity contribution in [3.63, 3.8) is 0 Å². The Kier molecular flexibility index (Phi) is 4.94. The number of carbonyl (C=O) groups is 1. The first-order valence-electron chi connectivity index (χ1n) is 9.11. The monoisotopic (exact) mass is 356 g/mol. The zero-order valence-electron chi connectivity index (χ0n) is 16.3. The summed E-state index contributed by atoms with van der Waals surface area (Å²) in [4.78, 5) is 17.3. The van der Waals surface area contributed by atoms with Crippen molar-refractivity contribution in [2.24, 2.45) is 0 Å².